The van der Waals surface area contributed by atoms with Crippen molar-refractivity contribution in [2.24, 2.45) is 0 Å². The molecule has 0 radical (unpaired) electrons. The molecule has 0 aliphatic carbocycles. The Kier molecular flexibility index (Phi) is 5.38. The first-order chi connectivity index (χ1) is 9.76. The molecule has 1 fully saturated rings. The van der Waals surface area contributed by atoms with Crippen LogP contribution in [0.15, 0.2) is 18.2 Å². The Hall–Kier alpha value is -1.59. The van der Waals surface area contributed by atoms with Gasteiger partial charge in [-0.15, -0.1) is 0 Å². The summed E-state index contributed by atoms with van der Waals surface area (Å²) in [5.74, 6) is 1.03. The molecule has 1 aliphatic rings. The summed E-state index contributed by atoms with van der Waals surface area (Å²) in [6, 6.07) is 5.29. The van der Waals surface area contributed by atoms with Crippen molar-refractivity contribution >= 4 is 5.78 Å². The third-order valence-corrected chi connectivity index (χ3v) is 3.21. The quantitative estimate of drug-likeness (QED) is 0.749. The van der Waals surface area contributed by atoms with Gasteiger partial charge in [-0.05, 0) is 18.6 Å². The predicted octanol–water partition coefficient (Wildman–Crippen LogP) is 2.43. The van der Waals surface area contributed by atoms with Crippen LogP contribution < -0.4 is 9.47 Å². The normalized spacial score (nSPS) is 15.9. The van der Waals surface area contributed by atoms with E-state index in [1.807, 2.05) is 0 Å². The van der Waals surface area contributed by atoms with Crippen molar-refractivity contribution < 1.29 is 23.7 Å². The summed E-state index contributed by atoms with van der Waals surface area (Å²) in [4.78, 5) is 12.3. The molecule has 1 heterocycles. The van der Waals surface area contributed by atoms with E-state index in [2.05, 4.69) is 0 Å². The van der Waals surface area contributed by atoms with Crippen molar-refractivity contribution in [3.05, 3.63) is 23.8 Å². The van der Waals surface area contributed by atoms with Crippen LogP contribution in [-0.2, 0) is 9.47 Å². The number of Topliss-reactive ketones (excluding diaryl/α,β-unsaturated/α-hetero) is 1. The minimum atomic E-state index is -0.274. The number of para-hydroxylation sites is 1. The maximum atomic E-state index is 12.3. The highest BCUT2D eigenvalue weighted by Crippen LogP contribution is 2.31. The van der Waals surface area contributed by atoms with E-state index in [1.54, 1.807) is 25.3 Å². The molecule has 0 aromatic heterocycles. The third-order valence-electron chi connectivity index (χ3n) is 3.21. The number of carbonyl (C=O) groups excluding carboxylic acids is 1. The molecule has 0 saturated carbocycles. The topological polar surface area (TPSA) is 54.0 Å². The minimum absolute atomic E-state index is 0.00137. The molecule has 1 aromatic carbocycles. The average molecular weight is 280 g/mol. The molecule has 0 N–H and O–H groups in total. The molecule has 0 unspecified atom stereocenters. The summed E-state index contributed by atoms with van der Waals surface area (Å²) in [5, 5.41) is 0. The number of hydrogen-bond donors (Lipinski definition) is 0. The zero-order valence-corrected chi connectivity index (χ0v) is 11.9. The van der Waals surface area contributed by atoms with Crippen LogP contribution >= 0.6 is 0 Å². The fourth-order valence-corrected chi connectivity index (χ4v) is 2.19. The maximum absolute atomic E-state index is 12.3. The number of benzene rings is 1. The van der Waals surface area contributed by atoms with Crippen LogP contribution in [0.1, 0.15) is 29.6 Å². The molecule has 20 heavy (non-hydrogen) atoms. The van der Waals surface area contributed by atoms with Gasteiger partial charge in [0, 0.05) is 12.8 Å². The first-order valence-electron chi connectivity index (χ1n) is 6.73. The molecular weight excluding hydrogens is 260 g/mol. The summed E-state index contributed by atoms with van der Waals surface area (Å²) < 4.78 is 21.3. The van der Waals surface area contributed by atoms with E-state index >= 15 is 0 Å². The average Bonchev–Trinajstić information content (AvgIpc) is 2.52. The van der Waals surface area contributed by atoms with Crippen molar-refractivity contribution in [2.75, 3.05) is 27.4 Å². The van der Waals surface area contributed by atoms with Gasteiger partial charge in [-0.25, -0.2) is 0 Å². The Bertz CT molecular complexity index is 452. The predicted molar refractivity (Wildman–Crippen MR) is 73.4 cm³/mol. The molecule has 1 saturated heterocycles. The fourth-order valence-electron chi connectivity index (χ4n) is 2.19. The van der Waals surface area contributed by atoms with Gasteiger partial charge in [0.1, 0.15) is 0 Å². The van der Waals surface area contributed by atoms with Crippen molar-refractivity contribution in [2.45, 2.75) is 25.6 Å². The van der Waals surface area contributed by atoms with Crippen molar-refractivity contribution in [3.63, 3.8) is 0 Å². The second-order valence-electron chi connectivity index (χ2n) is 4.53. The molecule has 1 aliphatic heterocycles. The monoisotopic (exact) mass is 280 g/mol. The van der Waals surface area contributed by atoms with E-state index in [0.29, 0.717) is 43.1 Å². The van der Waals surface area contributed by atoms with Gasteiger partial charge in [0.15, 0.2) is 23.6 Å². The second kappa shape index (κ2) is 7.26. The van der Waals surface area contributed by atoms with Crippen LogP contribution in [0.4, 0.5) is 0 Å². The summed E-state index contributed by atoms with van der Waals surface area (Å²) in [5.41, 5.74) is 0.530. The third kappa shape index (κ3) is 3.49. The highest BCUT2D eigenvalue weighted by molar-refractivity contribution is 5.99. The van der Waals surface area contributed by atoms with Gasteiger partial charge in [-0.2, -0.15) is 0 Å². The molecule has 5 heteroatoms. The lowest BCUT2D eigenvalue weighted by atomic mass is 10.0. The van der Waals surface area contributed by atoms with Gasteiger partial charge >= 0.3 is 0 Å². The zero-order chi connectivity index (χ0) is 14.4. The smallest absolute Gasteiger partial charge is 0.171 e. The van der Waals surface area contributed by atoms with E-state index < -0.39 is 0 Å². The summed E-state index contributed by atoms with van der Waals surface area (Å²) in [6.45, 7) is 1.39. The van der Waals surface area contributed by atoms with E-state index in [1.165, 1.54) is 7.11 Å². The van der Waals surface area contributed by atoms with Gasteiger partial charge in [-0.3, -0.25) is 4.79 Å². The minimum Gasteiger partial charge on any atom is -0.493 e. The van der Waals surface area contributed by atoms with Crippen molar-refractivity contribution in [1.29, 1.82) is 0 Å². The first-order valence-corrected chi connectivity index (χ1v) is 6.73. The van der Waals surface area contributed by atoms with Gasteiger partial charge in [0.2, 0.25) is 0 Å². The highest BCUT2D eigenvalue weighted by Gasteiger charge is 2.20. The molecule has 0 amide bonds. The number of methoxy groups -OCH3 is 2. The lowest BCUT2D eigenvalue weighted by Crippen LogP contribution is -2.25. The number of ether oxygens (including phenoxy) is 4. The zero-order valence-electron chi connectivity index (χ0n) is 11.9. The van der Waals surface area contributed by atoms with Crippen LogP contribution in [0.3, 0.4) is 0 Å². The van der Waals surface area contributed by atoms with Gasteiger partial charge in [0.05, 0.1) is 33.0 Å². The number of rotatable bonds is 6. The van der Waals surface area contributed by atoms with Crippen LogP contribution in [0.5, 0.6) is 11.5 Å². The van der Waals surface area contributed by atoms with Crippen molar-refractivity contribution in [1.82, 2.24) is 0 Å². The van der Waals surface area contributed by atoms with Gasteiger partial charge in [0.25, 0.3) is 0 Å². The van der Waals surface area contributed by atoms with Crippen LogP contribution in [-0.4, -0.2) is 39.5 Å². The Balaban J connectivity index is 2.01. The molecule has 1 aromatic rings. The van der Waals surface area contributed by atoms with E-state index in [4.69, 9.17) is 18.9 Å². The lowest BCUT2D eigenvalue weighted by molar-refractivity contribution is -0.180. The molecule has 0 spiro atoms. The Labute approximate surface area is 118 Å². The maximum Gasteiger partial charge on any atom is 0.171 e. The number of ketones is 1. The Morgan fingerprint density at radius 3 is 2.65 bits per heavy atom. The molecule has 0 atom stereocenters. The van der Waals surface area contributed by atoms with Crippen LogP contribution in [0.25, 0.3) is 0 Å². The SMILES string of the molecule is COc1cccc(C(=O)CCC2OCCCO2)c1OC. The standard InChI is InChI=1S/C15H20O5/c1-17-13-6-3-5-11(15(13)18-2)12(16)7-8-14-19-9-4-10-20-14/h3,5-6,14H,4,7-10H2,1-2H3. The molecule has 110 valence electrons. The number of carbonyl (C=O) groups is 1. The van der Waals surface area contributed by atoms with Crippen molar-refractivity contribution in [3.8, 4) is 11.5 Å². The summed E-state index contributed by atoms with van der Waals surface area (Å²) >= 11 is 0. The first kappa shape index (κ1) is 14.8. The van der Waals surface area contributed by atoms with E-state index in [9.17, 15) is 4.79 Å². The van der Waals surface area contributed by atoms with E-state index in [0.717, 1.165) is 6.42 Å². The number of hydrogen-bond acceptors (Lipinski definition) is 5. The lowest BCUT2D eigenvalue weighted by Gasteiger charge is -2.22. The molecule has 0 bridgehead atoms. The van der Waals surface area contributed by atoms with Gasteiger partial charge < -0.3 is 18.9 Å². The highest BCUT2D eigenvalue weighted by atomic mass is 16.7. The Morgan fingerprint density at radius 2 is 2.00 bits per heavy atom. The molecule has 5 nitrogen and oxygen atoms in total. The fraction of sp³-hybridized carbons (Fsp3) is 0.533. The van der Waals surface area contributed by atoms with Crippen LogP contribution in [0, 0.1) is 0 Å². The summed E-state index contributed by atoms with van der Waals surface area (Å²) in [6.07, 6.45) is 1.55. The largest absolute Gasteiger partial charge is 0.493 e. The van der Waals surface area contributed by atoms with Crippen LogP contribution in [0.2, 0.25) is 0 Å². The molecular formula is C15H20O5. The Morgan fingerprint density at radius 1 is 1.25 bits per heavy atom. The van der Waals surface area contributed by atoms with E-state index in [-0.39, 0.29) is 12.1 Å². The molecule has 2 rings (SSSR count). The van der Waals surface area contributed by atoms with Gasteiger partial charge in [-0.1, -0.05) is 6.07 Å². The second-order valence-corrected chi connectivity index (χ2v) is 4.53. The summed E-state index contributed by atoms with van der Waals surface area (Å²) in [7, 11) is 3.08.